The minimum Gasteiger partial charge on any atom is -0.381 e. The summed E-state index contributed by atoms with van der Waals surface area (Å²) in [4.78, 5) is 20.9. The number of thiophene rings is 1. The summed E-state index contributed by atoms with van der Waals surface area (Å²) in [5.74, 6) is 1.31. The number of hydrogen-bond donors (Lipinski definition) is 1. The van der Waals surface area contributed by atoms with Gasteiger partial charge in [0.25, 0.3) is 5.91 Å². The zero-order valence-electron chi connectivity index (χ0n) is 13.5. The van der Waals surface area contributed by atoms with Gasteiger partial charge in [-0.2, -0.15) is 0 Å². The van der Waals surface area contributed by atoms with E-state index >= 15 is 0 Å². The number of likely N-dealkylation sites (tertiary alicyclic amines) is 1. The molecule has 4 nitrogen and oxygen atoms in total. The highest BCUT2D eigenvalue weighted by Crippen LogP contribution is 2.40. The van der Waals surface area contributed by atoms with Gasteiger partial charge in [-0.25, -0.2) is 4.98 Å². The van der Waals surface area contributed by atoms with Gasteiger partial charge in [0.2, 0.25) is 0 Å². The fourth-order valence-corrected chi connectivity index (χ4v) is 4.94. The average molecular weight is 362 g/mol. The van der Waals surface area contributed by atoms with Crippen LogP contribution >= 0.6 is 22.9 Å². The molecule has 0 radical (unpaired) electrons. The maximum Gasteiger partial charge on any atom is 0.263 e. The summed E-state index contributed by atoms with van der Waals surface area (Å²) in [6, 6.07) is 8.15. The second kappa shape index (κ2) is 6.37. The summed E-state index contributed by atoms with van der Waals surface area (Å²) in [5.41, 5.74) is 1.00. The number of fused-ring (bicyclic) bond motifs is 1. The van der Waals surface area contributed by atoms with Gasteiger partial charge in [0.1, 0.15) is 5.15 Å². The van der Waals surface area contributed by atoms with E-state index in [-0.39, 0.29) is 5.91 Å². The summed E-state index contributed by atoms with van der Waals surface area (Å²) >= 11 is 7.44. The summed E-state index contributed by atoms with van der Waals surface area (Å²) in [7, 11) is 0. The van der Waals surface area contributed by atoms with E-state index in [1.54, 1.807) is 23.6 Å². The molecule has 1 amide bonds. The minimum absolute atomic E-state index is 0.189. The Morgan fingerprint density at radius 3 is 2.88 bits per heavy atom. The topological polar surface area (TPSA) is 45.2 Å². The molecular weight excluding hydrogens is 342 g/mol. The number of aromatic nitrogens is 1. The Morgan fingerprint density at radius 2 is 2.17 bits per heavy atom. The second-order valence-electron chi connectivity index (χ2n) is 6.74. The molecule has 0 aromatic carbocycles. The van der Waals surface area contributed by atoms with E-state index in [0.717, 1.165) is 30.1 Å². The van der Waals surface area contributed by atoms with Crippen molar-refractivity contribution in [2.75, 3.05) is 18.4 Å². The molecule has 6 heteroatoms. The van der Waals surface area contributed by atoms with Crippen molar-refractivity contribution in [1.29, 1.82) is 0 Å². The molecule has 0 bridgehead atoms. The van der Waals surface area contributed by atoms with Crippen molar-refractivity contribution in [3.05, 3.63) is 45.4 Å². The zero-order chi connectivity index (χ0) is 16.7. The number of aryl methyl sites for hydroxylation is 1. The molecule has 126 valence electrons. The fraction of sp³-hybridized carbons (Fsp3) is 0.444. The number of rotatable bonds is 3. The zero-order valence-corrected chi connectivity index (χ0v) is 15.1. The number of pyridine rings is 1. The molecule has 0 unspecified atom stereocenters. The summed E-state index contributed by atoms with van der Waals surface area (Å²) in [6.45, 7) is 3.77. The van der Waals surface area contributed by atoms with Crippen LogP contribution in [0.3, 0.4) is 0 Å². The lowest BCUT2D eigenvalue weighted by Gasteiger charge is -2.22. The standard InChI is InChI=1S/C18H20ClN3OS/c1-11-2-6-16(24-11)18(23)22-9-12-3-5-15(14(12)10-22)21-13-4-7-17(19)20-8-13/h2,4,6-8,12,14-15,21H,3,5,9-10H2,1H3/t12-,14+,15+/m0/s1. The van der Waals surface area contributed by atoms with E-state index in [1.807, 2.05) is 30.0 Å². The largest absolute Gasteiger partial charge is 0.381 e. The maximum absolute atomic E-state index is 12.7. The quantitative estimate of drug-likeness (QED) is 0.838. The molecule has 3 atom stereocenters. The monoisotopic (exact) mass is 361 g/mol. The summed E-state index contributed by atoms with van der Waals surface area (Å²) in [6.07, 6.45) is 4.11. The van der Waals surface area contributed by atoms with Crippen LogP contribution in [0.15, 0.2) is 30.5 Å². The van der Waals surface area contributed by atoms with Gasteiger partial charge in [0.15, 0.2) is 0 Å². The molecule has 1 saturated carbocycles. The lowest BCUT2D eigenvalue weighted by molar-refractivity contribution is 0.0785. The van der Waals surface area contributed by atoms with Crippen molar-refractivity contribution >= 4 is 34.5 Å². The van der Waals surface area contributed by atoms with Crippen LogP contribution in [0.5, 0.6) is 0 Å². The van der Waals surface area contributed by atoms with Crippen molar-refractivity contribution in [2.45, 2.75) is 25.8 Å². The summed E-state index contributed by atoms with van der Waals surface area (Å²) in [5, 5.41) is 4.09. The number of carbonyl (C=O) groups is 1. The van der Waals surface area contributed by atoms with Crippen molar-refractivity contribution in [1.82, 2.24) is 9.88 Å². The van der Waals surface area contributed by atoms with E-state index in [9.17, 15) is 4.79 Å². The maximum atomic E-state index is 12.7. The average Bonchev–Trinajstić information content (AvgIpc) is 3.26. The van der Waals surface area contributed by atoms with E-state index in [0.29, 0.717) is 23.0 Å². The van der Waals surface area contributed by atoms with E-state index in [2.05, 4.69) is 10.3 Å². The van der Waals surface area contributed by atoms with Crippen molar-refractivity contribution in [3.8, 4) is 0 Å². The predicted octanol–water partition coefficient (Wildman–Crippen LogP) is 4.07. The van der Waals surface area contributed by atoms with Crippen LogP contribution in [-0.4, -0.2) is 34.9 Å². The Morgan fingerprint density at radius 1 is 1.29 bits per heavy atom. The lowest BCUT2D eigenvalue weighted by atomic mass is 9.98. The first kappa shape index (κ1) is 15.9. The van der Waals surface area contributed by atoms with Crippen molar-refractivity contribution < 1.29 is 4.79 Å². The molecule has 4 rings (SSSR count). The van der Waals surface area contributed by atoms with Crippen LogP contribution in [0.1, 0.15) is 27.4 Å². The first-order valence-corrected chi connectivity index (χ1v) is 9.53. The Hall–Kier alpha value is -1.59. The number of anilines is 1. The van der Waals surface area contributed by atoms with E-state index in [1.165, 1.54) is 11.3 Å². The first-order chi connectivity index (χ1) is 11.6. The van der Waals surface area contributed by atoms with Crippen LogP contribution in [0.2, 0.25) is 5.15 Å². The van der Waals surface area contributed by atoms with Crippen LogP contribution in [0, 0.1) is 18.8 Å². The Bertz CT molecular complexity index is 745. The van der Waals surface area contributed by atoms with Gasteiger partial charge in [-0.05, 0) is 49.9 Å². The molecule has 2 aromatic rings. The Labute approximate surface area is 150 Å². The highest BCUT2D eigenvalue weighted by Gasteiger charge is 2.44. The number of nitrogens with one attached hydrogen (secondary N) is 1. The van der Waals surface area contributed by atoms with E-state index in [4.69, 9.17) is 11.6 Å². The third-order valence-electron chi connectivity index (χ3n) is 5.17. The molecule has 2 aromatic heterocycles. The number of hydrogen-bond acceptors (Lipinski definition) is 4. The van der Waals surface area contributed by atoms with Gasteiger partial charge in [-0.1, -0.05) is 11.6 Å². The van der Waals surface area contributed by atoms with Crippen LogP contribution in [-0.2, 0) is 0 Å². The molecule has 3 heterocycles. The van der Waals surface area contributed by atoms with Gasteiger partial charge in [0, 0.05) is 29.9 Å². The Balaban J connectivity index is 1.43. The smallest absolute Gasteiger partial charge is 0.263 e. The second-order valence-corrected chi connectivity index (χ2v) is 8.42. The van der Waals surface area contributed by atoms with Gasteiger partial charge in [-0.15, -0.1) is 11.3 Å². The highest BCUT2D eigenvalue weighted by atomic mass is 35.5. The van der Waals surface area contributed by atoms with Crippen molar-refractivity contribution in [3.63, 3.8) is 0 Å². The number of carbonyl (C=O) groups excluding carboxylic acids is 1. The molecule has 2 aliphatic rings. The van der Waals surface area contributed by atoms with Crippen LogP contribution < -0.4 is 5.32 Å². The number of halogens is 1. The Kier molecular flexibility index (Phi) is 4.22. The molecule has 0 spiro atoms. The first-order valence-electron chi connectivity index (χ1n) is 8.34. The number of amides is 1. The van der Waals surface area contributed by atoms with E-state index < -0.39 is 0 Å². The normalized spacial score (nSPS) is 25.8. The number of nitrogens with zero attached hydrogens (tertiary/aromatic N) is 2. The lowest BCUT2D eigenvalue weighted by Crippen LogP contribution is -2.32. The molecule has 1 saturated heterocycles. The van der Waals surface area contributed by atoms with Crippen LogP contribution in [0.25, 0.3) is 0 Å². The molecule has 1 N–H and O–H groups in total. The van der Waals surface area contributed by atoms with Crippen LogP contribution in [0.4, 0.5) is 5.69 Å². The van der Waals surface area contributed by atoms with Gasteiger partial charge < -0.3 is 10.2 Å². The van der Waals surface area contributed by atoms with Crippen molar-refractivity contribution in [2.24, 2.45) is 11.8 Å². The molecule has 1 aliphatic carbocycles. The molecule has 1 aliphatic heterocycles. The van der Waals surface area contributed by atoms with Gasteiger partial charge in [0.05, 0.1) is 16.8 Å². The van der Waals surface area contributed by atoms with Gasteiger partial charge in [-0.3, -0.25) is 4.79 Å². The third kappa shape index (κ3) is 3.03. The highest BCUT2D eigenvalue weighted by molar-refractivity contribution is 7.13. The predicted molar refractivity (Wildman–Crippen MR) is 97.8 cm³/mol. The van der Waals surface area contributed by atoms with Gasteiger partial charge >= 0.3 is 0 Å². The molecular formula is C18H20ClN3OS. The molecule has 2 fully saturated rings. The fourth-order valence-electron chi connectivity index (χ4n) is 3.99. The molecule has 24 heavy (non-hydrogen) atoms. The third-order valence-corrected chi connectivity index (χ3v) is 6.39. The summed E-state index contributed by atoms with van der Waals surface area (Å²) < 4.78 is 0. The minimum atomic E-state index is 0.189. The SMILES string of the molecule is Cc1ccc(C(=O)N2C[C@@H]3CC[C@@H](Nc4ccc(Cl)nc4)[C@@H]3C2)s1.